The van der Waals surface area contributed by atoms with Gasteiger partial charge in [0.2, 0.25) is 0 Å². The van der Waals surface area contributed by atoms with E-state index < -0.39 is 0 Å². The molecule has 4 heteroatoms. The Morgan fingerprint density at radius 1 is 1.20 bits per heavy atom. The summed E-state index contributed by atoms with van der Waals surface area (Å²) >= 11 is 0. The zero-order chi connectivity index (χ0) is 11.3. The van der Waals surface area contributed by atoms with Gasteiger partial charge in [0.1, 0.15) is 0 Å². The van der Waals surface area contributed by atoms with Gasteiger partial charge in [-0.2, -0.15) is 0 Å². The van der Waals surface area contributed by atoms with Crippen molar-refractivity contribution in [3.63, 3.8) is 0 Å². The van der Waals surface area contributed by atoms with Crippen molar-refractivity contribution in [3.05, 3.63) is 0 Å². The Balaban J connectivity index is 2.54. The Kier molecular flexibility index (Phi) is 2.07. The quantitative estimate of drug-likeness (QED) is 0.476. The highest BCUT2D eigenvalue weighted by Crippen LogP contribution is 2.60. The van der Waals surface area contributed by atoms with Gasteiger partial charge in [-0.15, -0.1) is 0 Å². The third-order valence-corrected chi connectivity index (χ3v) is 4.86. The molecule has 0 aromatic heterocycles. The van der Waals surface area contributed by atoms with Crippen molar-refractivity contribution < 1.29 is 10.4 Å². The highest BCUT2D eigenvalue weighted by molar-refractivity contribution is 6.11. The highest BCUT2D eigenvalue weighted by Gasteiger charge is 2.59. The van der Waals surface area contributed by atoms with Crippen molar-refractivity contribution in [1.82, 2.24) is 0 Å². The van der Waals surface area contributed by atoms with Crippen LogP contribution < -0.4 is 0 Å². The van der Waals surface area contributed by atoms with E-state index in [1.54, 1.807) is 0 Å². The van der Waals surface area contributed by atoms with Crippen LogP contribution in [0.1, 0.15) is 40.0 Å². The maximum absolute atomic E-state index is 9.07. The highest BCUT2D eigenvalue weighted by atomic mass is 16.4. The molecular formula is C11H18N2O2. The molecule has 0 spiro atoms. The first-order valence-corrected chi connectivity index (χ1v) is 5.39. The van der Waals surface area contributed by atoms with Gasteiger partial charge < -0.3 is 10.4 Å². The molecule has 2 aliphatic carbocycles. The van der Waals surface area contributed by atoms with E-state index in [4.69, 9.17) is 10.4 Å². The number of fused-ring (bicyclic) bond motifs is 2. The van der Waals surface area contributed by atoms with Crippen molar-refractivity contribution in [3.8, 4) is 0 Å². The van der Waals surface area contributed by atoms with Gasteiger partial charge >= 0.3 is 0 Å². The minimum atomic E-state index is -0.0550. The first-order chi connectivity index (χ1) is 6.97. The van der Waals surface area contributed by atoms with Crippen molar-refractivity contribution >= 4 is 11.4 Å². The van der Waals surface area contributed by atoms with Crippen molar-refractivity contribution in [2.24, 2.45) is 27.1 Å². The first-order valence-electron chi connectivity index (χ1n) is 5.39. The molecule has 2 atom stereocenters. The molecule has 0 saturated heterocycles. The second-order valence-corrected chi connectivity index (χ2v) is 5.46. The van der Waals surface area contributed by atoms with Crippen LogP contribution in [0.15, 0.2) is 10.3 Å². The SMILES string of the molecule is CC1(C)[C@H]2CC[C@@]1(C)/C(=N\O)CC2=NO. The first kappa shape index (κ1) is 10.5. The van der Waals surface area contributed by atoms with Gasteiger partial charge in [0.05, 0.1) is 11.4 Å². The molecule has 15 heavy (non-hydrogen) atoms. The third-order valence-electron chi connectivity index (χ3n) is 4.86. The van der Waals surface area contributed by atoms with Crippen LogP contribution in [0.5, 0.6) is 0 Å². The number of oxime groups is 2. The lowest BCUT2D eigenvalue weighted by atomic mass is 9.57. The lowest BCUT2D eigenvalue weighted by Gasteiger charge is -2.46. The number of hydrogen-bond donors (Lipinski definition) is 2. The monoisotopic (exact) mass is 210 g/mol. The fraction of sp³-hybridized carbons (Fsp3) is 0.818. The summed E-state index contributed by atoms with van der Waals surface area (Å²) in [5.74, 6) is 0.318. The molecule has 0 aliphatic heterocycles. The lowest BCUT2D eigenvalue weighted by molar-refractivity contribution is 0.164. The fourth-order valence-electron chi connectivity index (χ4n) is 3.34. The van der Waals surface area contributed by atoms with E-state index >= 15 is 0 Å². The van der Waals surface area contributed by atoms with Crippen LogP contribution in [-0.4, -0.2) is 21.8 Å². The lowest BCUT2D eigenvalue weighted by Crippen LogP contribution is -2.48. The topological polar surface area (TPSA) is 65.2 Å². The van der Waals surface area contributed by atoms with Crippen LogP contribution in [0.3, 0.4) is 0 Å². The van der Waals surface area contributed by atoms with E-state index in [-0.39, 0.29) is 10.8 Å². The van der Waals surface area contributed by atoms with Gasteiger partial charge in [-0.3, -0.25) is 0 Å². The maximum atomic E-state index is 9.07. The summed E-state index contributed by atoms with van der Waals surface area (Å²) in [5, 5.41) is 24.9. The Bertz CT molecular complexity index is 346. The molecular weight excluding hydrogens is 192 g/mol. The molecule has 0 radical (unpaired) electrons. The molecule has 0 amide bonds. The number of hydrogen-bond acceptors (Lipinski definition) is 4. The van der Waals surface area contributed by atoms with Crippen LogP contribution in [0.2, 0.25) is 0 Å². The van der Waals surface area contributed by atoms with Gasteiger partial charge in [0, 0.05) is 17.8 Å². The van der Waals surface area contributed by atoms with Gasteiger partial charge in [-0.05, 0) is 18.3 Å². The van der Waals surface area contributed by atoms with Crippen LogP contribution >= 0.6 is 0 Å². The predicted octanol–water partition coefficient (Wildman–Crippen LogP) is 2.49. The van der Waals surface area contributed by atoms with Crippen LogP contribution in [-0.2, 0) is 0 Å². The zero-order valence-electron chi connectivity index (χ0n) is 9.49. The minimum Gasteiger partial charge on any atom is -0.411 e. The molecule has 2 fully saturated rings. The summed E-state index contributed by atoms with van der Waals surface area (Å²) < 4.78 is 0. The standard InChI is InChI=1S/C11H18N2O2/c1-10(2)7-4-5-11(10,3)9(13-15)6-8(7)12-14/h7,14-15H,4-6H2,1-3H3/b12-8?,13-9-/t7-,11-/m0/s1. The molecule has 2 N–H and O–H groups in total. The Labute approximate surface area is 89.7 Å². The summed E-state index contributed by atoms with van der Waals surface area (Å²) in [6.07, 6.45) is 2.53. The van der Waals surface area contributed by atoms with Crippen molar-refractivity contribution in [1.29, 1.82) is 0 Å². The van der Waals surface area contributed by atoms with Crippen molar-refractivity contribution in [2.45, 2.75) is 40.0 Å². The second-order valence-electron chi connectivity index (χ2n) is 5.46. The van der Waals surface area contributed by atoms with Crippen molar-refractivity contribution in [2.75, 3.05) is 0 Å². The Morgan fingerprint density at radius 2 is 1.87 bits per heavy atom. The normalized spacial score (nSPS) is 43.8. The summed E-state index contributed by atoms with van der Waals surface area (Å²) in [6, 6.07) is 0. The molecule has 84 valence electrons. The Morgan fingerprint density at radius 3 is 2.40 bits per heavy atom. The second kappa shape index (κ2) is 2.97. The molecule has 2 bridgehead atoms. The van der Waals surface area contributed by atoms with Crippen LogP contribution in [0.25, 0.3) is 0 Å². The summed E-state index contributed by atoms with van der Waals surface area (Å²) in [5.41, 5.74) is 1.48. The van der Waals surface area contributed by atoms with Crippen LogP contribution in [0, 0.1) is 16.7 Å². The maximum Gasteiger partial charge on any atom is 0.0692 e. The molecule has 0 aromatic rings. The predicted molar refractivity (Wildman–Crippen MR) is 57.7 cm³/mol. The van der Waals surface area contributed by atoms with Crippen LogP contribution in [0.4, 0.5) is 0 Å². The van der Waals surface area contributed by atoms with E-state index in [0.717, 1.165) is 24.3 Å². The molecule has 2 aliphatic rings. The summed E-state index contributed by atoms with van der Waals surface area (Å²) in [4.78, 5) is 0. The third kappa shape index (κ3) is 1.08. The average molecular weight is 210 g/mol. The number of nitrogens with zero attached hydrogens (tertiary/aromatic N) is 2. The molecule has 0 aromatic carbocycles. The molecule has 2 rings (SSSR count). The van der Waals surface area contributed by atoms with E-state index in [0.29, 0.717) is 12.3 Å². The molecule has 4 nitrogen and oxygen atoms in total. The van der Waals surface area contributed by atoms with Gasteiger partial charge in [0.25, 0.3) is 0 Å². The summed E-state index contributed by atoms with van der Waals surface area (Å²) in [6.45, 7) is 6.48. The number of rotatable bonds is 0. The molecule has 0 heterocycles. The van der Waals surface area contributed by atoms with E-state index in [1.807, 2.05) is 0 Å². The largest absolute Gasteiger partial charge is 0.411 e. The summed E-state index contributed by atoms with van der Waals surface area (Å²) in [7, 11) is 0. The molecule has 0 unspecified atom stereocenters. The molecule has 2 saturated carbocycles. The Hall–Kier alpha value is -1.06. The van der Waals surface area contributed by atoms with E-state index in [1.165, 1.54) is 0 Å². The van der Waals surface area contributed by atoms with E-state index in [2.05, 4.69) is 31.1 Å². The van der Waals surface area contributed by atoms with Gasteiger partial charge in [-0.25, -0.2) is 0 Å². The zero-order valence-corrected chi connectivity index (χ0v) is 9.49. The fourth-order valence-corrected chi connectivity index (χ4v) is 3.34. The minimum absolute atomic E-state index is 0.00831. The average Bonchev–Trinajstić information content (AvgIpc) is 2.37. The smallest absolute Gasteiger partial charge is 0.0692 e. The van der Waals surface area contributed by atoms with Gasteiger partial charge in [0.15, 0.2) is 0 Å². The van der Waals surface area contributed by atoms with Gasteiger partial charge in [-0.1, -0.05) is 31.1 Å². The van der Waals surface area contributed by atoms with E-state index in [9.17, 15) is 0 Å².